The quantitative estimate of drug-likeness (QED) is 0.524. The van der Waals surface area contributed by atoms with Crippen molar-refractivity contribution in [3.63, 3.8) is 0 Å². The molecule has 0 aromatic rings. The van der Waals surface area contributed by atoms with Crippen molar-refractivity contribution in [3.8, 4) is 0 Å². The van der Waals surface area contributed by atoms with E-state index in [1.165, 1.54) is 12.8 Å². The van der Waals surface area contributed by atoms with Crippen molar-refractivity contribution in [2.45, 2.75) is 45.3 Å². The van der Waals surface area contributed by atoms with Gasteiger partial charge in [-0.2, -0.15) is 0 Å². The van der Waals surface area contributed by atoms with Crippen molar-refractivity contribution in [2.24, 2.45) is 0 Å². The first-order valence-electron chi connectivity index (χ1n) is 4.10. The predicted octanol–water partition coefficient (Wildman–Crippen LogP) is 2.22. The first-order valence-corrected chi connectivity index (χ1v) is 4.10. The second-order valence-electron chi connectivity index (χ2n) is 3.85. The Morgan fingerprint density at radius 2 is 2.27 bits per heavy atom. The van der Waals surface area contributed by atoms with Gasteiger partial charge in [0.05, 0.1) is 0 Å². The lowest BCUT2D eigenvalue weighted by Crippen LogP contribution is -2.34. The maximum atomic E-state index is 12.8. The van der Waals surface area contributed by atoms with Crippen LogP contribution in [-0.4, -0.2) is 29.7 Å². The molecule has 2 rings (SSSR count). The summed E-state index contributed by atoms with van der Waals surface area (Å²) in [6, 6.07) is 0. The van der Waals surface area contributed by atoms with Crippen LogP contribution in [0.5, 0.6) is 0 Å². The van der Waals surface area contributed by atoms with Crippen LogP contribution in [-0.2, 0) is 0 Å². The van der Waals surface area contributed by atoms with Gasteiger partial charge in [0, 0.05) is 12.1 Å². The highest BCUT2D eigenvalue weighted by atomic mass is 19.1. The number of halogens is 1. The minimum absolute atomic E-state index is 0. The van der Waals surface area contributed by atoms with Gasteiger partial charge in [-0.1, -0.05) is 7.43 Å². The smallest absolute Gasteiger partial charge is 0.115 e. The fraction of sp³-hybridized carbons (Fsp3) is 1.00. The van der Waals surface area contributed by atoms with Crippen molar-refractivity contribution in [1.29, 1.82) is 0 Å². The molecule has 0 bridgehead atoms. The minimum Gasteiger partial charge on any atom is -0.295 e. The summed E-state index contributed by atoms with van der Waals surface area (Å²) in [5, 5.41) is 0. The zero-order valence-corrected chi connectivity index (χ0v) is 6.44. The van der Waals surface area contributed by atoms with Crippen LogP contribution < -0.4 is 0 Å². The number of rotatable bonds is 0. The van der Waals surface area contributed by atoms with Crippen molar-refractivity contribution in [1.82, 2.24) is 4.90 Å². The normalized spacial score (nSPS) is 43.6. The first-order chi connectivity index (χ1) is 4.71. The van der Waals surface area contributed by atoms with Crippen LogP contribution in [0.4, 0.5) is 4.39 Å². The zero-order chi connectivity index (χ0) is 7.19. The molecule has 0 spiro atoms. The van der Waals surface area contributed by atoms with E-state index >= 15 is 0 Å². The molecular weight excluding hydrogens is 141 g/mol. The summed E-state index contributed by atoms with van der Waals surface area (Å²) < 4.78 is 12.8. The number of fused-ring (bicyclic) bond motifs is 1. The van der Waals surface area contributed by atoms with Crippen LogP contribution >= 0.6 is 0 Å². The number of hydrogen-bond acceptors (Lipinski definition) is 1. The van der Waals surface area contributed by atoms with Crippen LogP contribution in [0.1, 0.15) is 33.6 Å². The van der Waals surface area contributed by atoms with E-state index in [9.17, 15) is 4.39 Å². The summed E-state index contributed by atoms with van der Waals surface area (Å²) >= 11 is 0. The van der Waals surface area contributed by atoms with Crippen LogP contribution in [0.2, 0.25) is 0 Å². The van der Waals surface area contributed by atoms with Gasteiger partial charge in [0.15, 0.2) is 0 Å². The van der Waals surface area contributed by atoms with Gasteiger partial charge in [0.1, 0.15) is 6.17 Å². The third-order valence-corrected chi connectivity index (χ3v) is 2.99. The molecule has 2 aliphatic heterocycles. The SMILES string of the molecule is C.C[C@@]12CCCN1C[C@H](F)C2. The first kappa shape index (κ1) is 8.98. The highest BCUT2D eigenvalue weighted by Crippen LogP contribution is 2.39. The van der Waals surface area contributed by atoms with Gasteiger partial charge in [-0.15, -0.1) is 0 Å². The van der Waals surface area contributed by atoms with E-state index in [1.807, 2.05) is 0 Å². The Bertz CT molecular complexity index is 148. The molecule has 2 atom stereocenters. The minimum atomic E-state index is -0.551. The highest BCUT2D eigenvalue weighted by molar-refractivity contribution is 5.00. The summed E-state index contributed by atoms with van der Waals surface area (Å²) in [6.07, 6.45) is 2.69. The Balaban J connectivity index is 0.000000605. The predicted molar refractivity (Wildman–Crippen MR) is 45.5 cm³/mol. The van der Waals surface area contributed by atoms with Crippen molar-refractivity contribution in [2.75, 3.05) is 13.1 Å². The molecule has 0 aromatic carbocycles. The molecule has 2 fully saturated rings. The van der Waals surface area contributed by atoms with Gasteiger partial charge in [0.25, 0.3) is 0 Å². The molecule has 2 saturated heterocycles. The van der Waals surface area contributed by atoms with Crippen LogP contribution in [0.3, 0.4) is 0 Å². The largest absolute Gasteiger partial charge is 0.295 e. The summed E-state index contributed by atoms with van der Waals surface area (Å²) in [5.74, 6) is 0. The van der Waals surface area contributed by atoms with Gasteiger partial charge in [0.2, 0.25) is 0 Å². The number of nitrogens with zero attached hydrogens (tertiary/aromatic N) is 1. The zero-order valence-electron chi connectivity index (χ0n) is 6.44. The maximum Gasteiger partial charge on any atom is 0.115 e. The third kappa shape index (κ3) is 1.28. The molecule has 2 aliphatic rings. The second kappa shape index (κ2) is 2.74. The molecule has 0 N–H and O–H groups in total. The van der Waals surface area contributed by atoms with E-state index in [0.29, 0.717) is 6.54 Å². The molecule has 11 heavy (non-hydrogen) atoms. The number of hydrogen-bond donors (Lipinski definition) is 0. The fourth-order valence-electron chi connectivity index (χ4n) is 2.40. The molecule has 0 radical (unpaired) electrons. The fourth-order valence-corrected chi connectivity index (χ4v) is 2.40. The Kier molecular flexibility index (Phi) is 2.24. The van der Waals surface area contributed by atoms with E-state index in [-0.39, 0.29) is 13.0 Å². The molecule has 2 heteroatoms. The highest BCUT2D eigenvalue weighted by Gasteiger charge is 2.44. The number of alkyl halides is 1. The average Bonchev–Trinajstić information content (AvgIpc) is 2.20. The van der Waals surface area contributed by atoms with Gasteiger partial charge < -0.3 is 0 Å². The summed E-state index contributed by atoms with van der Waals surface area (Å²) in [4.78, 5) is 2.30. The Morgan fingerprint density at radius 3 is 2.91 bits per heavy atom. The Hall–Kier alpha value is -0.110. The Labute approximate surface area is 68.6 Å². The topological polar surface area (TPSA) is 3.24 Å². The van der Waals surface area contributed by atoms with Gasteiger partial charge in [-0.05, 0) is 32.7 Å². The summed E-state index contributed by atoms with van der Waals surface area (Å²) in [7, 11) is 0. The van der Waals surface area contributed by atoms with Gasteiger partial charge in [-0.25, -0.2) is 4.39 Å². The van der Waals surface area contributed by atoms with Crippen LogP contribution in [0.15, 0.2) is 0 Å². The molecule has 0 amide bonds. The van der Waals surface area contributed by atoms with E-state index in [2.05, 4.69) is 11.8 Å². The lowest BCUT2D eigenvalue weighted by molar-refractivity contribution is 0.217. The Morgan fingerprint density at radius 1 is 1.55 bits per heavy atom. The second-order valence-corrected chi connectivity index (χ2v) is 3.85. The molecule has 66 valence electrons. The van der Waals surface area contributed by atoms with Crippen LogP contribution in [0.25, 0.3) is 0 Å². The van der Waals surface area contributed by atoms with E-state index in [0.717, 1.165) is 13.0 Å². The van der Waals surface area contributed by atoms with Crippen molar-refractivity contribution < 1.29 is 4.39 Å². The third-order valence-electron chi connectivity index (χ3n) is 2.99. The van der Waals surface area contributed by atoms with Crippen molar-refractivity contribution >= 4 is 0 Å². The van der Waals surface area contributed by atoms with Gasteiger partial charge in [-0.3, -0.25) is 4.90 Å². The standard InChI is InChI=1S/C8H14FN.CH4/c1-8-3-2-4-10(8)6-7(9)5-8;/h7H,2-6H2,1H3;1H4/t7-,8+;/m1./s1. The molecule has 2 heterocycles. The monoisotopic (exact) mass is 159 g/mol. The van der Waals surface area contributed by atoms with E-state index < -0.39 is 6.17 Å². The average molecular weight is 159 g/mol. The molecule has 1 nitrogen and oxygen atoms in total. The maximum absolute atomic E-state index is 12.8. The molecular formula is C9H18FN. The molecule has 0 aliphatic carbocycles. The van der Waals surface area contributed by atoms with E-state index in [1.54, 1.807) is 0 Å². The molecule has 0 aromatic heterocycles. The van der Waals surface area contributed by atoms with Crippen LogP contribution in [0, 0.1) is 0 Å². The summed E-state index contributed by atoms with van der Waals surface area (Å²) in [5.41, 5.74) is 0.236. The van der Waals surface area contributed by atoms with Gasteiger partial charge >= 0.3 is 0 Å². The lowest BCUT2D eigenvalue weighted by atomic mass is 9.97. The lowest BCUT2D eigenvalue weighted by Gasteiger charge is -2.25. The summed E-state index contributed by atoms with van der Waals surface area (Å²) in [6.45, 7) is 4.01. The molecule has 0 unspecified atom stereocenters. The van der Waals surface area contributed by atoms with Crippen molar-refractivity contribution in [3.05, 3.63) is 0 Å². The van der Waals surface area contributed by atoms with E-state index in [4.69, 9.17) is 0 Å². The molecule has 0 saturated carbocycles.